The van der Waals surface area contributed by atoms with Gasteiger partial charge in [0.15, 0.2) is 0 Å². The number of sulfonamides is 1. The summed E-state index contributed by atoms with van der Waals surface area (Å²) < 4.78 is 24.3. The predicted octanol–water partition coefficient (Wildman–Crippen LogP) is 1.58. The fraction of sp³-hybridized carbons (Fsp3) is 0.125. The van der Waals surface area contributed by atoms with E-state index < -0.39 is 15.9 Å². The monoisotopic (exact) mass is 347 g/mol. The number of rotatable bonds is 5. The molecule has 0 fully saturated rings. The second kappa shape index (κ2) is 7.24. The molecule has 0 bridgehead atoms. The van der Waals surface area contributed by atoms with Gasteiger partial charge in [-0.05, 0) is 43.3 Å². The minimum Gasteiger partial charge on any atom is -0.326 e. The van der Waals surface area contributed by atoms with Crippen LogP contribution in [0.25, 0.3) is 0 Å². The minimum absolute atomic E-state index is 0.0406. The van der Waals surface area contributed by atoms with Crippen LogP contribution in [-0.2, 0) is 14.8 Å². The molecule has 0 heterocycles. The average Bonchev–Trinajstić information content (AvgIpc) is 2.52. The van der Waals surface area contributed by atoms with Gasteiger partial charge < -0.3 is 5.32 Å². The van der Waals surface area contributed by atoms with Gasteiger partial charge in [-0.25, -0.2) is 8.42 Å². The topological polar surface area (TPSA) is 104 Å². The molecule has 0 aliphatic carbocycles. The van der Waals surface area contributed by atoms with Gasteiger partial charge in [-0.15, -0.1) is 4.83 Å². The molecule has 2 amide bonds. The highest BCUT2D eigenvalue weighted by Gasteiger charge is 2.15. The Morgan fingerprint density at radius 1 is 1.00 bits per heavy atom. The van der Waals surface area contributed by atoms with Gasteiger partial charge in [0.1, 0.15) is 0 Å². The van der Waals surface area contributed by atoms with Crippen LogP contribution < -0.4 is 15.6 Å². The standard InChI is InChI=1S/C16H17N3O4S/c1-11-4-3-5-13(10-11)16(21)18-19-24(22,23)15-8-6-14(7-9-15)17-12(2)20/h3-10,19H,1-2H3,(H,17,20)(H,18,21). The van der Waals surface area contributed by atoms with Crippen LogP contribution in [0.4, 0.5) is 5.69 Å². The normalized spacial score (nSPS) is 10.9. The molecule has 7 nitrogen and oxygen atoms in total. The van der Waals surface area contributed by atoms with E-state index in [0.29, 0.717) is 11.3 Å². The number of carbonyl (C=O) groups excluding carboxylic acids is 2. The number of amides is 2. The van der Waals surface area contributed by atoms with Gasteiger partial charge in [-0.3, -0.25) is 15.0 Å². The van der Waals surface area contributed by atoms with E-state index in [9.17, 15) is 18.0 Å². The molecule has 0 aromatic heterocycles. The quantitative estimate of drug-likeness (QED) is 0.714. The maximum absolute atomic E-state index is 12.2. The first kappa shape index (κ1) is 17.6. The summed E-state index contributed by atoms with van der Waals surface area (Å²) in [5, 5.41) is 2.54. The summed E-state index contributed by atoms with van der Waals surface area (Å²) in [7, 11) is -3.91. The first-order valence-electron chi connectivity index (χ1n) is 7.04. The van der Waals surface area contributed by atoms with Crippen LogP contribution in [0.2, 0.25) is 0 Å². The van der Waals surface area contributed by atoms with Gasteiger partial charge in [-0.2, -0.15) is 0 Å². The number of hydrazine groups is 1. The highest BCUT2D eigenvalue weighted by atomic mass is 32.2. The van der Waals surface area contributed by atoms with E-state index in [1.54, 1.807) is 18.2 Å². The molecule has 8 heteroatoms. The van der Waals surface area contributed by atoms with Gasteiger partial charge in [-0.1, -0.05) is 17.7 Å². The van der Waals surface area contributed by atoms with Crippen molar-refractivity contribution in [2.45, 2.75) is 18.7 Å². The van der Waals surface area contributed by atoms with Crippen LogP contribution in [-0.4, -0.2) is 20.2 Å². The number of carbonyl (C=O) groups is 2. The molecule has 0 saturated carbocycles. The van der Waals surface area contributed by atoms with E-state index in [0.717, 1.165) is 5.56 Å². The SMILES string of the molecule is CC(=O)Nc1ccc(S(=O)(=O)NNC(=O)c2cccc(C)c2)cc1. The average molecular weight is 347 g/mol. The molecule has 0 saturated heterocycles. The third-order valence-electron chi connectivity index (χ3n) is 3.06. The molecule has 0 aliphatic rings. The van der Waals surface area contributed by atoms with Gasteiger partial charge in [0.25, 0.3) is 15.9 Å². The molecule has 0 aliphatic heterocycles. The van der Waals surface area contributed by atoms with Crippen molar-refractivity contribution in [3.63, 3.8) is 0 Å². The lowest BCUT2D eigenvalue weighted by molar-refractivity contribution is -0.114. The summed E-state index contributed by atoms with van der Waals surface area (Å²) in [6.07, 6.45) is 0. The molecule has 2 rings (SSSR count). The summed E-state index contributed by atoms with van der Waals surface area (Å²) in [6.45, 7) is 3.19. The van der Waals surface area contributed by atoms with E-state index in [1.165, 1.54) is 31.2 Å². The van der Waals surface area contributed by atoms with Crippen molar-refractivity contribution in [2.75, 3.05) is 5.32 Å². The van der Waals surface area contributed by atoms with Crippen molar-refractivity contribution in [2.24, 2.45) is 0 Å². The van der Waals surface area contributed by atoms with Crippen molar-refractivity contribution < 1.29 is 18.0 Å². The van der Waals surface area contributed by atoms with Crippen LogP contribution in [0.1, 0.15) is 22.8 Å². The summed E-state index contributed by atoms with van der Waals surface area (Å²) in [6, 6.07) is 12.3. The Morgan fingerprint density at radius 3 is 2.25 bits per heavy atom. The number of aryl methyl sites for hydroxylation is 1. The van der Waals surface area contributed by atoms with Gasteiger partial charge in [0.2, 0.25) is 5.91 Å². The Morgan fingerprint density at radius 2 is 1.67 bits per heavy atom. The van der Waals surface area contributed by atoms with E-state index in [1.807, 2.05) is 17.8 Å². The van der Waals surface area contributed by atoms with Crippen LogP contribution in [0.3, 0.4) is 0 Å². The van der Waals surface area contributed by atoms with Crippen molar-refractivity contribution in [3.05, 3.63) is 59.7 Å². The lowest BCUT2D eigenvalue weighted by Crippen LogP contribution is -2.41. The summed E-state index contributed by atoms with van der Waals surface area (Å²) in [5.74, 6) is -0.814. The van der Waals surface area contributed by atoms with Gasteiger partial charge >= 0.3 is 0 Å². The molecule has 3 N–H and O–H groups in total. The molecule has 2 aromatic carbocycles. The number of benzene rings is 2. The zero-order chi connectivity index (χ0) is 17.7. The van der Waals surface area contributed by atoms with Crippen molar-refractivity contribution in [1.82, 2.24) is 10.3 Å². The molecule has 0 radical (unpaired) electrons. The van der Waals surface area contributed by atoms with E-state index >= 15 is 0 Å². The molecule has 0 unspecified atom stereocenters. The first-order chi connectivity index (χ1) is 11.3. The van der Waals surface area contributed by atoms with E-state index in [2.05, 4.69) is 10.7 Å². The molecule has 126 valence electrons. The number of nitrogens with one attached hydrogen (secondary N) is 3. The Kier molecular flexibility index (Phi) is 5.32. The summed E-state index contributed by atoms with van der Waals surface area (Å²) in [5.41, 5.74) is 3.88. The molecule has 24 heavy (non-hydrogen) atoms. The van der Waals surface area contributed by atoms with E-state index in [4.69, 9.17) is 0 Å². The second-order valence-corrected chi connectivity index (χ2v) is 6.82. The van der Waals surface area contributed by atoms with Crippen LogP contribution >= 0.6 is 0 Å². The number of hydrogen-bond acceptors (Lipinski definition) is 4. The molecule has 0 spiro atoms. The summed E-state index contributed by atoms with van der Waals surface area (Å²) >= 11 is 0. The zero-order valence-corrected chi connectivity index (χ0v) is 14.0. The van der Waals surface area contributed by atoms with Crippen molar-refractivity contribution >= 4 is 27.5 Å². The maximum Gasteiger partial charge on any atom is 0.266 e. The second-order valence-electron chi connectivity index (χ2n) is 5.13. The third kappa shape index (κ3) is 4.64. The number of anilines is 1. The van der Waals surface area contributed by atoms with Gasteiger partial charge in [0.05, 0.1) is 4.90 Å². The highest BCUT2D eigenvalue weighted by molar-refractivity contribution is 7.89. The van der Waals surface area contributed by atoms with Crippen LogP contribution in [0.15, 0.2) is 53.4 Å². The Bertz CT molecular complexity index is 861. The predicted molar refractivity (Wildman–Crippen MR) is 89.7 cm³/mol. The Hall–Kier alpha value is -2.71. The molecule has 2 aromatic rings. The fourth-order valence-corrected chi connectivity index (χ4v) is 2.79. The Labute approximate surface area is 140 Å². The Balaban J connectivity index is 2.05. The summed E-state index contributed by atoms with van der Waals surface area (Å²) in [4.78, 5) is 24.9. The van der Waals surface area contributed by atoms with E-state index in [-0.39, 0.29) is 10.8 Å². The van der Waals surface area contributed by atoms with Gasteiger partial charge in [0, 0.05) is 18.2 Å². The largest absolute Gasteiger partial charge is 0.326 e. The van der Waals surface area contributed by atoms with Crippen LogP contribution in [0.5, 0.6) is 0 Å². The third-order valence-corrected chi connectivity index (χ3v) is 4.33. The van der Waals surface area contributed by atoms with Crippen molar-refractivity contribution in [3.8, 4) is 0 Å². The molecular weight excluding hydrogens is 330 g/mol. The first-order valence-corrected chi connectivity index (χ1v) is 8.53. The van der Waals surface area contributed by atoms with Crippen molar-refractivity contribution in [1.29, 1.82) is 0 Å². The smallest absolute Gasteiger partial charge is 0.266 e. The number of hydrogen-bond donors (Lipinski definition) is 3. The highest BCUT2D eigenvalue weighted by Crippen LogP contribution is 2.13. The lowest BCUT2D eigenvalue weighted by Gasteiger charge is -2.09. The molecular formula is C16H17N3O4S. The maximum atomic E-state index is 12.2. The zero-order valence-electron chi connectivity index (χ0n) is 13.2. The fourth-order valence-electron chi connectivity index (χ4n) is 1.95. The minimum atomic E-state index is -3.91. The molecule has 0 atom stereocenters. The lowest BCUT2D eigenvalue weighted by atomic mass is 10.1. The van der Waals surface area contributed by atoms with Crippen LogP contribution in [0, 0.1) is 6.92 Å².